The van der Waals surface area contributed by atoms with Crippen molar-refractivity contribution in [2.24, 2.45) is 0 Å². The number of methoxy groups -OCH3 is 1. The molecular weight excluding hydrogens is 276 g/mol. The Morgan fingerprint density at radius 2 is 2.15 bits per heavy atom. The van der Waals surface area contributed by atoms with Crippen LogP contribution in [0, 0.1) is 0 Å². The maximum Gasteiger partial charge on any atom is 0.222 e. The second-order valence-corrected chi connectivity index (χ2v) is 4.83. The number of halogens is 1. The van der Waals surface area contributed by atoms with E-state index >= 15 is 0 Å². The minimum absolute atomic E-state index is 0. The molecule has 20 heavy (non-hydrogen) atoms. The van der Waals surface area contributed by atoms with Crippen LogP contribution in [0.3, 0.4) is 0 Å². The normalized spacial score (nSPS) is 14.2. The molecule has 1 aliphatic rings. The molecule has 1 fully saturated rings. The first-order valence-corrected chi connectivity index (χ1v) is 6.91. The van der Waals surface area contributed by atoms with Crippen LogP contribution in [0.1, 0.15) is 24.8 Å². The molecule has 4 nitrogen and oxygen atoms in total. The Morgan fingerprint density at radius 1 is 1.35 bits per heavy atom. The molecule has 0 spiro atoms. The van der Waals surface area contributed by atoms with Gasteiger partial charge in [0.25, 0.3) is 0 Å². The molecule has 2 rings (SSSR count). The number of nitrogens with one attached hydrogen (secondary N) is 1. The minimum Gasteiger partial charge on any atom is -0.496 e. The molecule has 1 aliphatic heterocycles. The van der Waals surface area contributed by atoms with Gasteiger partial charge in [0, 0.05) is 31.6 Å². The van der Waals surface area contributed by atoms with Crippen molar-refractivity contribution in [1.82, 2.24) is 10.2 Å². The molecule has 1 heterocycles. The van der Waals surface area contributed by atoms with E-state index in [1.165, 1.54) is 5.56 Å². The summed E-state index contributed by atoms with van der Waals surface area (Å²) in [6.07, 6.45) is 2.75. The molecule has 0 aromatic heterocycles. The Bertz CT molecular complexity index is 426. The summed E-state index contributed by atoms with van der Waals surface area (Å²) in [4.78, 5) is 13.4. The van der Waals surface area contributed by atoms with Gasteiger partial charge in [0.1, 0.15) is 5.75 Å². The zero-order valence-electron chi connectivity index (χ0n) is 11.9. The smallest absolute Gasteiger partial charge is 0.222 e. The van der Waals surface area contributed by atoms with E-state index in [1.807, 2.05) is 23.1 Å². The highest BCUT2D eigenvalue weighted by atomic mass is 35.5. The Balaban J connectivity index is 0.00000200. The molecule has 1 aromatic rings. The molecular formula is C15H23ClN2O2. The largest absolute Gasteiger partial charge is 0.496 e. The number of hydrogen-bond acceptors (Lipinski definition) is 3. The van der Waals surface area contributed by atoms with Crippen molar-refractivity contribution in [2.75, 3.05) is 26.7 Å². The minimum atomic E-state index is 0. The lowest BCUT2D eigenvalue weighted by Gasteiger charge is -2.15. The quantitative estimate of drug-likeness (QED) is 0.785. The maximum atomic E-state index is 11.4. The molecule has 0 bridgehead atoms. The summed E-state index contributed by atoms with van der Waals surface area (Å²) in [7, 11) is 1.69. The van der Waals surface area contributed by atoms with E-state index in [4.69, 9.17) is 4.74 Å². The summed E-state index contributed by atoms with van der Waals surface area (Å²) in [6, 6.07) is 8.03. The van der Waals surface area contributed by atoms with Crippen LogP contribution in [0.5, 0.6) is 5.75 Å². The lowest BCUT2D eigenvalue weighted by Crippen LogP contribution is -2.28. The summed E-state index contributed by atoms with van der Waals surface area (Å²) in [5, 5.41) is 3.40. The van der Waals surface area contributed by atoms with E-state index in [-0.39, 0.29) is 12.4 Å². The molecule has 1 saturated heterocycles. The number of carbonyl (C=O) groups is 1. The first-order chi connectivity index (χ1) is 9.31. The van der Waals surface area contributed by atoms with Crippen LogP contribution >= 0.6 is 12.4 Å². The average Bonchev–Trinajstić information content (AvgIpc) is 2.84. The van der Waals surface area contributed by atoms with Crippen molar-refractivity contribution in [1.29, 1.82) is 0 Å². The van der Waals surface area contributed by atoms with Crippen LogP contribution in [0.4, 0.5) is 0 Å². The number of nitrogens with zero attached hydrogens (tertiary/aromatic N) is 1. The topological polar surface area (TPSA) is 41.6 Å². The zero-order valence-corrected chi connectivity index (χ0v) is 12.7. The van der Waals surface area contributed by atoms with Gasteiger partial charge in [-0.3, -0.25) is 4.79 Å². The van der Waals surface area contributed by atoms with Crippen LogP contribution in [0.15, 0.2) is 24.3 Å². The fraction of sp³-hybridized carbons (Fsp3) is 0.533. The molecule has 112 valence electrons. The second-order valence-electron chi connectivity index (χ2n) is 4.83. The lowest BCUT2D eigenvalue weighted by atomic mass is 10.2. The third-order valence-corrected chi connectivity index (χ3v) is 3.46. The fourth-order valence-electron chi connectivity index (χ4n) is 2.41. The molecule has 0 atom stereocenters. The van der Waals surface area contributed by atoms with Gasteiger partial charge < -0.3 is 15.0 Å². The predicted octanol–water partition coefficient (Wildman–Crippen LogP) is 2.22. The summed E-state index contributed by atoms with van der Waals surface area (Å²) in [5.41, 5.74) is 1.17. The van der Waals surface area contributed by atoms with E-state index in [1.54, 1.807) is 7.11 Å². The average molecular weight is 299 g/mol. The third kappa shape index (κ3) is 4.69. The SMILES string of the molecule is COc1ccccc1CNCCCN1CCCC1=O.Cl. The van der Waals surface area contributed by atoms with Crippen LogP contribution in [0.2, 0.25) is 0 Å². The van der Waals surface area contributed by atoms with Crippen molar-refractivity contribution in [3.05, 3.63) is 29.8 Å². The number of benzene rings is 1. The van der Waals surface area contributed by atoms with Gasteiger partial charge in [0.15, 0.2) is 0 Å². The van der Waals surface area contributed by atoms with Crippen LogP contribution in [0.25, 0.3) is 0 Å². The van der Waals surface area contributed by atoms with E-state index in [0.29, 0.717) is 5.91 Å². The van der Waals surface area contributed by atoms with Gasteiger partial charge in [-0.1, -0.05) is 18.2 Å². The second kappa shape index (κ2) is 8.82. The monoisotopic (exact) mass is 298 g/mol. The van der Waals surface area contributed by atoms with E-state index in [9.17, 15) is 4.79 Å². The van der Waals surface area contributed by atoms with Crippen LogP contribution in [-0.2, 0) is 11.3 Å². The van der Waals surface area contributed by atoms with E-state index < -0.39 is 0 Å². The highest BCUT2D eigenvalue weighted by Gasteiger charge is 2.18. The number of likely N-dealkylation sites (tertiary alicyclic amines) is 1. The van der Waals surface area contributed by atoms with Gasteiger partial charge in [-0.15, -0.1) is 12.4 Å². The van der Waals surface area contributed by atoms with Crippen molar-refractivity contribution in [3.8, 4) is 5.75 Å². The van der Waals surface area contributed by atoms with E-state index in [0.717, 1.165) is 51.2 Å². The summed E-state index contributed by atoms with van der Waals surface area (Å²) in [6.45, 7) is 3.53. The molecule has 0 unspecified atom stereocenters. The lowest BCUT2D eigenvalue weighted by molar-refractivity contribution is -0.127. The number of carbonyl (C=O) groups excluding carboxylic acids is 1. The standard InChI is InChI=1S/C15H22N2O2.ClH/c1-19-14-7-3-2-6-13(14)12-16-9-5-11-17-10-4-8-15(17)18;/h2-3,6-7,16H,4-5,8-12H2,1H3;1H. The molecule has 5 heteroatoms. The molecule has 1 aromatic carbocycles. The summed E-state index contributed by atoms with van der Waals surface area (Å²) in [5.74, 6) is 1.23. The highest BCUT2D eigenvalue weighted by Crippen LogP contribution is 2.16. The number of ether oxygens (including phenoxy) is 1. The number of para-hydroxylation sites is 1. The Hall–Kier alpha value is -1.26. The Kier molecular flexibility index (Phi) is 7.41. The number of rotatable bonds is 7. The molecule has 0 saturated carbocycles. The van der Waals surface area contributed by atoms with Crippen molar-refractivity contribution >= 4 is 18.3 Å². The van der Waals surface area contributed by atoms with Crippen LogP contribution < -0.4 is 10.1 Å². The van der Waals surface area contributed by atoms with Gasteiger partial charge in [-0.2, -0.15) is 0 Å². The number of amides is 1. The highest BCUT2D eigenvalue weighted by molar-refractivity contribution is 5.85. The molecule has 0 aliphatic carbocycles. The number of hydrogen-bond donors (Lipinski definition) is 1. The van der Waals surface area contributed by atoms with Gasteiger partial charge >= 0.3 is 0 Å². The molecule has 1 N–H and O–H groups in total. The van der Waals surface area contributed by atoms with Gasteiger partial charge in [0.05, 0.1) is 7.11 Å². The van der Waals surface area contributed by atoms with Crippen molar-refractivity contribution in [2.45, 2.75) is 25.8 Å². The van der Waals surface area contributed by atoms with Gasteiger partial charge in [-0.05, 0) is 25.5 Å². The summed E-state index contributed by atoms with van der Waals surface area (Å²) >= 11 is 0. The van der Waals surface area contributed by atoms with Crippen LogP contribution in [-0.4, -0.2) is 37.6 Å². The fourth-order valence-corrected chi connectivity index (χ4v) is 2.41. The Labute approximate surface area is 126 Å². The van der Waals surface area contributed by atoms with E-state index in [2.05, 4.69) is 11.4 Å². The molecule has 0 radical (unpaired) electrons. The zero-order chi connectivity index (χ0) is 13.5. The maximum absolute atomic E-state index is 11.4. The first kappa shape index (κ1) is 16.8. The van der Waals surface area contributed by atoms with Crippen molar-refractivity contribution in [3.63, 3.8) is 0 Å². The first-order valence-electron chi connectivity index (χ1n) is 6.91. The van der Waals surface area contributed by atoms with Crippen molar-refractivity contribution < 1.29 is 9.53 Å². The third-order valence-electron chi connectivity index (χ3n) is 3.46. The van der Waals surface area contributed by atoms with Gasteiger partial charge in [-0.25, -0.2) is 0 Å². The summed E-state index contributed by atoms with van der Waals surface area (Å²) < 4.78 is 5.30. The Morgan fingerprint density at radius 3 is 2.85 bits per heavy atom. The predicted molar refractivity (Wildman–Crippen MR) is 82.4 cm³/mol. The molecule has 1 amide bonds. The van der Waals surface area contributed by atoms with Gasteiger partial charge in [0.2, 0.25) is 5.91 Å².